The van der Waals surface area contributed by atoms with Gasteiger partial charge in [-0.3, -0.25) is 0 Å². The lowest BCUT2D eigenvalue weighted by atomic mass is 10.4. The fraction of sp³-hybridized carbons (Fsp3) is 0.250. The molecule has 0 saturated heterocycles. The van der Waals surface area contributed by atoms with Crippen LogP contribution < -0.4 is 5.73 Å². The molecular weight excluding hydrogens is 182 g/mol. The van der Waals surface area contributed by atoms with E-state index in [1.165, 1.54) is 6.33 Å². The lowest BCUT2D eigenvalue weighted by molar-refractivity contribution is 0.380. The molecule has 0 bridgehead atoms. The average molecular weight is 191 g/mol. The van der Waals surface area contributed by atoms with Crippen LogP contribution in [0.3, 0.4) is 0 Å². The topological polar surface area (TPSA) is 90.7 Å². The third kappa shape index (κ3) is 1.74. The molecule has 2 aromatic rings. The molecule has 2 N–H and O–H groups in total. The Balaban J connectivity index is 2.25. The molecule has 0 spiro atoms. The summed E-state index contributed by atoms with van der Waals surface area (Å²) in [6, 6.07) is 1.72. The maximum atomic E-state index is 5.36. The number of nitrogens with two attached hydrogens (primary N) is 1. The first kappa shape index (κ1) is 8.76. The monoisotopic (exact) mass is 191 g/mol. The molecule has 0 fully saturated rings. The van der Waals surface area contributed by atoms with Gasteiger partial charge in [0.1, 0.15) is 12.0 Å². The first-order chi connectivity index (χ1) is 6.90. The molecule has 0 aliphatic carbocycles. The largest absolute Gasteiger partial charge is 0.339 e. The van der Waals surface area contributed by atoms with Gasteiger partial charge in [0.2, 0.25) is 11.7 Å². The smallest absolute Gasteiger partial charge is 0.228 e. The van der Waals surface area contributed by atoms with Gasteiger partial charge >= 0.3 is 0 Å². The molecule has 0 aromatic carbocycles. The van der Waals surface area contributed by atoms with E-state index in [4.69, 9.17) is 10.3 Å². The maximum absolute atomic E-state index is 5.36. The van der Waals surface area contributed by atoms with Crippen molar-refractivity contribution < 1.29 is 4.52 Å². The summed E-state index contributed by atoms with van der Waals surface area (Å²) < 4.78 is 4.96. The third-order valence-electron chi connectivity index (χ3n) is 1.64. The zero-order valence-electron chi connectivity index (χ0n) is 7.42. The van der Waals surface area contributed by atoms with Gasteiger partial charge in [0, 0.05) is 19.2 Å². The number of nitrogens with zero attached hydrogens (tertiary/aromatic N) is 4. The van der Waals surface area contributed by atoms with Crippen molar-refractivity contribution in [1.82, 2.24) is 20.1 Å². The second kappa shape index (κ2) is 3.93. The first-order valence-corrected chi connectivity index (χ1v) is 4.19. The van der Waals surface area contributed by atoms with Crippen LogP contribution in [0.5, 0.6) is 0 Å². The summed E-state index contributed by atoms with van der Waals surface area (Å²) in [6.07, 6.45) is 3.65. The van der Waals surface area contributed by atoms with E-state index in [0.29, 0.717) is 30.4 Å². The zero-order valence-corrected chi connectivity index (χ0v) is 7.42. The molecule has 0 atom stereocenters. The van der Waals surface area contributed by atoms with Crippen molar-refractivity contribution in [2.24, 2.45) is 5.73 Å². The molecule has 0 saturated carbocycles. The van der Waals surface area contributed by atoms with E-state index in [1.54, 1.807) is 12.3 Å². The van der Waals surface area contributed by atoms with Crippen molar-refractivity contribution in [3.8, 4) is 11.5 Å². The highest BCUT2D eigenvalue weighted by molar-refractivity contribution is 5.46. The molecule has 6 nitrogen and oxygen atoms in total. The van der Waals surface area contributed by atoms with E-state index in [0.717, 1.165) is 0 Å². The lowest BCUT2D eigenvalue weighted by Gasteiger charge is -1.88. The van der Waals surface area contributed by atoms with Crippen molar-refractivity contribution in [2.75, 3.05) is 6.54 Å². The second-order valence-electron chi connectivity index (χ2n) is 2.65. The van der Waals surface area contributed by atoms with Crippen molar-refractivity contribution in [3.05, 3.63) is 24.5 Å². The van der Waals surface area contributed by atoms with Gasteiger partial charge in [-0.2, -0.15) is 4.98 Å². The number of aromatic nitrogens is 4. The maximum Gasteiger partial charge on any atom is 0.228 e. The Bertz CT molecular complexity index is 399. The van der Waals surface area contributed by atoms with E-state index < -0.39 is 0 Å². The van der Waals surface area contributed by atoms with Crippen LogP contribution in [-0.4, -0.2) is 26.7 Å². The molecule has 0 amide bonds. The molecule has 6 heteroatoms. The Morgan fingerprint density at radius 3 is 3.07 bits per heavy atom. The summed E-state index contributed by atoms with van der Waals surface area (Å²) in [4.78, 5) is 11.9. The Morgan fingerprint density at radius 2 is 2.36 bits per heavy atom. The summed E-state index contributed by atoms with van der Waals surface area (Å²) in [5.41, 5.74) is 6.00. The molecule has 0 aliphatic heterocycles. The quantitative estimate of drug-likeness (QED) is 0.735. The zero-order chi connectivity index (χ0) is 9.80. The summed E-state index contributed by atoms with van der Waals surface area (Å²) in [7, 11) is 0. The molecule has 0 aliphatic rings. The molecule has 0 unspecified atom stereocenters. The number of hydrogen-bond acceptors (Lipinski definition) is 6. The van der Waals surface area contributed by atoms with Gasteiger partial charge in [-0.05, 0) is 6.07 Å². The second-order valence-corrected chi connectivity index (χ2v) is 2.65. The van der Waals surface area contributed by atoms with E-state index in [9.17, 15) is 0 Å². The fourth-order valence-corrected chi connectivity index (χ4v) is 1.01. The minimum absolute atomic E-state index is 0.468. The van der Waals surface area contributed by atoms with Gasteiger partial charge in [-0.25, -0.2) is 9.97 Å². The van der Waals surface area contributed by atoms with Gasteiger partial charge < -0.3 is 10.3 Å². The molecule has 2 rings (SSSR count). The average Bonchev–Trinajstić information content (AvgIpc) is 2.68. The van der Waals surface area contributed by atoms with Crippen LogP contribution in [0.15, 0.2) is 23.1 Å². The molecule has 72 valence electrons. The summed E-state index contributed by atoms with van der Waals surface area (Å²) >= 11 is 0. The summed E-state index contributed by atoms with van der Waals surface area (Å²) in [5, 5.41) is 3.77. The Labute approximate surface area is 80.2 Å². The van der Waals surface area contributed by atoms with E-state index in [1.807, 2.05) is 0 Å². The highest BCUT2D eigenvalue weighted by Crippen LogP contribution is 2.10. The number of rotatable bonds is 3. The van der Waals surface area contributed by atoms with Crippen LogP contribution >= 0.6 is 0 Å². The molecule has 2 heterocycles. The highest BCUT2D eigenvalue weighted by atomic mass is 16.5. The predicted molar refractivity (Wildman–Crippen MR) is 48.1 cm³/mol. The molecule has 14 heavy (non-hydrogen) atoms. The number of hydrogen-bond donors (Lipinski definition) is 1. The van der Waals surface area contributed by atoms with Crippen molar-refractivity contribution in [1.29, 1.82) is 0 Å². The van der Waals surface area contributed by atoms with E-state index in [2.05, 4.69) is 20.1 Å². The van der Waals surface area contributed by atoms with Crippen LogP contribution in [0.25, 0.3) is 11.5 Å². The fourth-order valence-electron chi connectivity index (χ4n) is 1.01. The Hall–Kier alpha value is -1.82. The Kier molecular flexibility index (Phi) is 2.46. The minimum Gasteiger partial charge on any atom is -0.339 e. The van der Waals surface area contributed by atoms with Gasteiger partial charge in [0.05, 0.1) is 0 Å². The molecule has 0 radical (unpaired) electrons. The van der Waals surface area contributed by atoms with E-state index in [-0.39, 0.29) is 0 Å². The van der Waals surface area contributed by atoms with Crippen LogP contribution in [-0.2, 0) is 6.42 Å². The Morgan fingerprint density at radius 1 is 1.43 bits per heavy atom. The highest BCUT2D eigenvalue weighted by Gasteiger charge is 2.07. The summed E-state index contributed by atoms with van der Waals surface area (Å²) in [6.45, 7) is 0.491. The lowest BCUT2D eigenvalue weighted by Crippen LogP contribution is -2.02. The van der Waals surface area contributed by atoms with Crippen molar-refractivity contribution >= 4 is 0 Å². The summed E-state index contributed by atoms with van der Waals surface area (Å²) in [5.74, 6) is 0.997. The van der Waals surface area contributed by atoms with Crippen molar-refractivity contribution in [2.45, 2.75) is 6.42 Å². The van der Waals surface area contributed by atoms with Crippen LogP contribution in [0.4, 0.5) is 0 Å². The predicted octanol–water partition coefficient (Wildman–Crippen LogP) is 0.0278. The van der Waals surface area contributed by atoms with Gasteiger partial charge in [-0.15, -0.1) is 0 Å². The van der Waals surface area contributed by atoms with Crippen LogP contribution in [0, 0.1) is 0 Å². The molecular formula is C8H9N5O. The molecule has 2 aromatic heterocycles. The van der Waals surface area contributed by atoms with Crippen molar-refractivity contribution in [3.63, 3.8) is 0 Å². The minimum atomic E-state index is 0.468. The van der Waals surface area contributed by atoms with E-state index >= 15 is 0 Å². The van der Waals surface area contributed by atoms with Crippen LogP contribution in [0.1, 0.15) is 5.89 Å². The van der Waals surface area contributed by atoms with Crippen LogP contribution in [0.2, 0.25) is 0 Å². The third-order valence-corrected chi connectivity index (χ3v) is 1.64. The van der Waals surface area contributed by atoms with Gasteiger partial charge in [-0.1, -0.05) is 5.16 Å². The SMILES string of the molecule is NCCc1nc(-c2ccncn2)no1. The normalized spacial score (nSPS) is 10.4. The van der Waals surface area contributed by atoms with Gasteiger partial charge in [0.15, 0.2) is 0 Å². The standard InChI is InChI=1S/C8H9N5O/c9-3-1-7-12-8(13-14-7)6-2-4-10-5-11-6/h2,4-5H,1,3,9H2. The van der Waals surface area contributed by atoms with Gasteiger partial charge in [0.25, 0.3) is 0 Å². The first-order valence-electron chi connectivity index (χ1n) is 4.19.